The zero-order valence-electron chi connectivity index (χ0n) is 17.5. The van der Waals surface area contributed by atoms with Crippen molar-refractivity contribution in [3.05, 3.63) is 78.1 Å². The van der Waals surface area contributed by atoms with Crippen LogP contribution in [0.25, 0.3) is 0 Å². The third-order valence-electron chi connectivity index (χ3n) is 4.19. The lowest BCUT2D eigenvalue weighted by Crippen LogP contribution is -2.38. The van der Waals surface area contributed by atoms with Crippen molar-refractivity contribution in [2.75, 3.05) is 19.7 Å². The molecule has 0 spiro atoms. The second-order valence-electron chi connectivity index (χ2n) is 6.63. The van der Waals surface area contributed by atoms with E-state index >= 15 is 0 Å². The molecule has 0 atom stereocenters. The number of pyridine rings is 1. The summed E-state index contributed by atoms with van der Waals surface area (Å²) in [6, 6.07) is 13.4. The molecule has 0 unspecified atom stereocenters. The molecule has 0 aliphatic carbocycles. The number of hydrogen-bond donors (Lipinski definition) is 2. The molecule has 8 heteroatoms. The molecule has 0 aliphatic rings. The van der Waals surface area contributed by atoms with E-state index in [4.69, 9.17) is 13.9 Å². The second kappa shape index (κ2) is 12.3. The van der Waals surface area contributed by atoms with Gasteiger partial charge in [0.05, 0.1) is 12.8 Å². The molecule has 2 aromatic heterocycles. The van der Waals surface area contributed by atoms with E-state index in [1.165, 1.54) is 12.1 Å². The minimum atomic E-state index is -0.361. The predicted octanol–water partition coefficient (Wildman–Crippen LogP) is 4.27. The van der Waals surface area contributed by atoms with Crippen molar-refractivity contribution in [2.24, 2.45) is 4.99 Å². The van der Waals surface area contributed by atoms with E-state index in [2.05, 4.69) is 20.6 Å². The molecule has 3 aromatic rings. The van der Waals surface area contributed by atoms with Crippen LogP contribution in [-0.2, 0) is 17.9 Å². The fourth-order valence-electron chi connectivity index (χ4n) is 2.73. The smallest absolute Gasteiger partial charge is 0.224 e. The fraction of sp³-hybridized carbons (Fsp3) is 0.304. The predicted molar refractivity (Wildman–Crippen MR) is 117 cm³/mol. The van der Waals surface area contributed by atoms with Gasteiger partial charge in [-0.15, -0.1) is 0 Å². The van der Waals surface area contributed by atoms with Crippen LogP contribution in [0, 0.1) is 5.82 Å². The molecule has 31 heavy (non-hydrogen) atoms. The Balaban J connectivity index is 1.50. The number of nitrogens with one attached hydrogen (secondary N) is 2. The zero-order valence-corrected chi connectivity index (χ0v) is 17.5. The number of nitrogens with zero attached hydrogens (tertiary/aromatic N) is 2. The number of furan rings is 1. The van der Waals surface area contributed by atoms with Gasteiger partial charge >= 0.3 is 0 Å². The van der Waals surface area contributed by atoms with E-state index in [0.717, 1.165) is 24.3 Å². The van der Waals surface area contributed by atoms with Crippen molar-refractivity contribution in [3.63, 3.8) is 0 Å². The molecule has 2 N–H and O–H groups in total. The molecule has 7 nitrogen and oxygen atoms in total. The molecular weight excluding hydrogens is 399 g/mol. The van der Waals surface area contributed by atoms with Gasteiger partial charge in [-0.1, -0.05) is 12.1 Å². The maximum Gasteiger partial charge on any atom is 0.224 e. The van der Waals surface area contributed by atoms with Crippen molar-refractivity contribution in [1.82, 2.24) is 15.6 Å². The molecule has 1 aromatic carbocycles. The summed E-state index contributed by atoms with van der Waals surface area (Å²) in [7, 11) is 0. The summed E-state index contributed by atoms with van der Waals surface area (Å²) in [4.78, 5) is 8.87. The number of hydrogen-bond acceptors (Lipinski definition) is 5. The number of halogens is 1. The van der Waals surface area contributed by atoms with Crippen LogP contribution in [0.3, 0.4) is 0 Å². The summed E-state index contributed by atoms with van der Waals surface area (Å²) < 4.78 is 30.0. The maximum absolute atomic E-state index is 13.4. The third kappa shape index (κ3) is 7.75. The van der Waals surface area contributed by atoms with Gasteiger partial charge in [0, 0.05) is 37.5 Å². The molecule has 0 radical (unpaired) electrons. The number of aromatic nitrogens is 1. The van der Waals surface area contributed by atoms with Crippen LogP contribution in [0.5, 0.6) is 11.6 Å². The van der Waals surface area contributed by atoms with Crippen LogP contribution in [0.15, 0.2) is 70.4 Å². The molecule has 2 heterocycles. The van der Waals surface area contributed by atoms with Crippen molar-refractivity contribution >= 4 is 5.96 Å². The van der Waals surface area contributed by atoms with Crippen molar-refractivity contribution in [3.8, 4) is 11.6 Å². The SMILES string of the molecule is CCNC(=NCc1cccnc1Oc1cccc(F)c1)NCCCOCc1ccco1. The second-order valence-corrected chi connectivity index (χ2v) is 6.63. The highest BCUT2D eigenvalue weighted by Gasteiger charge is 2.07. The van der Waals surface area contributed by atoms with E-state index in [1.807, 2.05) is 31.2 Å². The average Bonchev–Trinajstić information content (AvgIpc) is 3.29. The van der Waals surface area contributed by atoms with Crippen molar-refractivity contribution < 1.29 is 18.3 Å². The highest BCUT2D eigenvalue weighted by molar-refractivity contribution is 5.79. The normalized spacial score (nSPS) is 11.4. The molecule has 0 bridgehead atoms. The first-order chi connectivity index (χ1) is 15.2. The monoisotopic (exact) mass is 426 g/mol. The van der Waals surface area contributed by atoms with Gasteiger partial charge < -0.3 is 24.5 Å². The van der Waals surface area contributed by atoms with Crippen molar-refractivity contribution in [1.29, 1.82) is 0 Å². The number of aliphatic imine (C=N–C) groups is 1. The molecule has 164 valence electrons. The first kappa shape index (κ1) is 22.3. The highest BCUT2D eigenvalue weighted by atomic mass is 19.1. The molecule has 0 aliphatic heterocycles. The average molecular weight is 426 g/mol. The number of rotatable bonds is 11. The zero-order chi connectivity index (χ0) is 21.7. The molecule has 0 saturated heterocycles. The topological polar surface area (TPSA) is 80.9 Å². The maximum atomic E-state index is 13.4. The summed E-state index contributed by atoms with van der Waals surface area (Å²) in [6.45, 7) is 4.90. The first-order valence-corrected chi connectivity index (χ1v) is 10.2. The van der Waals surface area contributed by atoms with Crippen LogP contribution in [0.1, 0.15) is 24.7 Å². The summed E-state index contributed by atoms with van der Waals surface area (Å²) >= 11 is 0. The van der Waals surface area contributed by atoms with Crippen LogP contribution in [0.2, 0.25) is 0 Å². The van der Waals surface area contributed by atoms with Gasteiger partial charge in [0.25, 0.3) is 0 Å². The van der Waals surface area contributed by atoms with Crippen LogP contribution in [-0.4, -0.2) is 30.6 Å². The number of benzene rings is 1. The summed E-state index contributed by atoms with van der Waals surface area (Å²) in [5.74, 6) is 1.94. The van der Waals surface area contributed by atoms with Crippen LogP contribution < -0.4 is 15.4 Å². The lowest BCUT2D eigenvalue weighted by molar-refractivity contribution is 0.105. The van der Waals surface area contributed by atoms with Crippen molar-refractivity contribution in [2.45, 2.75) is 26.5 Å². The Kier molecular flexibility index (Phi) is 8.88. The highest BCUT2D eigenvalue weighted by Crippen LogP contribution is 2.23. The molecule has 0 amide bonds. The quantitative estimate of drug-likeness (QED) is 0.271. The third-order valence-corrected chi connectivity index (χ3v) is 4.19. The van der Waals surface area contributed by atoms with Gasteiger partial charge in [0.15, 0.2) is 5.96 Å². The van der Waals surface area contributed by atoms with Gasteiger partial charge in [0.1, 0.15) is 23.9 Å². The van der Waals surface area contributed by atoms with E-state index in [9.17, 15) is 4.39 Å². The minimum Gasteiger partial charge on any atom is -0.467 e. The lowest BCUT2D eigenvalue weighted by Gasteiger charge is -2.12. The van der Waals surface area contributed by atoms with Gasteiger partial charge in [0.2, 0.25) is 5.88 Å². The van der Waals surface area contributed by atoms with E-state index in [1.54, 1.807) is 24.6 Å². The van der Waals surface area contributed by atoms with E-state index < -0.39 is 0 Å². The number of ether oxygens (including phenoxy) is 2. The Morgan fingerprint density at radius 2 is 2.10 bits per heavy atom. The summed E-state index contributed by atoms with van der Waals surface area (Å²) in [6.07, 6.45) is 4.09. The Morgan fingerprint density at radius 1 is 1.16 bits per heavy atom. The minimum absolute atomic E-state index is 0.361. The lowest BCUT2D eigenvalue weighted by atomic mass is 10.2. The molecule has 0 fully saturated rings. The van der Waals surface area contributed by atoms with Gasteiger partial charge in [-0.2, -0.15) is 0 Å². The Morgan fingerprint density at radius 3 is 2.90 bits per heavy atom. The molecular formula is C23H27FN4O3. The van der Waals surface area contributed by atoms with Crippen LogP contribution >= 0.6 is 0 Å². The Bertz CT molecular complexity index is 948. The Hall–Kier alpha value is -3.39. The first-order valence-electron chi connectivity index (χ1n) is 10.2. The van der Waals surface area contributed by atoms with Gasteiger partial charge in [-0.25, -0.2) is 14.4 Å². The summed E-state index contributed by atoms with van der Waals surface area (Å²) in [5.41, 5.74) is 0.797. The Labute approximate surface area is 181 Å². The fourth-order valence-corrected chi connectivity index (χ4v) is 2.73. The molecule has 3 rings (SSSR count). The van der Waals surface area contributed by atoms with Crippen LogP contribution in [0.4, 0.5) is 4.39 Å². The number of guanidine groups is 1. The van der Waals surface area contributed by atoms with Gasteiger partial charge in [-0.3, -0.25) is 0 Å². The standard InChI is InChI=1S/C23H27FN4O3/c1-2-25-23(27-12-6-13-29-17-21-10-5-14-30-21)28-16-18-7-4-11-26-22(18)31-20-9-3-8-19(24)15-20/h3-5,7-11,14-15H,2,6,12-13,16-17H2,1H3,(H2,25,27,28). The van der Waals surface area contributed by atoms with E-state index in [-0.39, 0.29) is 5.82 Å². The van der Waals surface area contributed by atoms with Gasteiger partial charge in [-0.05, 0) is 43.7 Å². The molecule has 0 saturated carbocycles. The largest absolute Gasteiger partial charge is 0.467 e. The van der Waals surface area contributed by atoms with E-state index in [0.29, 0.717) is 43.9 Å². The summed E-state index contributed by atoms with van der Waals surface area (Å²) in [5, 5.41) is 6.50.